The number of rotatable bonds is 6. The van der Waals surface area contributed by atoms with Crippen LogP contribution in [0.15, 0.2) is 43.4 Å². The fourth-order valence-corrected chi connectivity index (χ4v) is 3.59. The van der Waals surface area contributed by atoms with Crippen LogP contribution in [0.4, 0.5) is 0 Å². The molecule has 9 heteroatoms. The van der Waals surface area contributed by atoms with Crippen molar-refractivity contribution in [3.63, 3.8) is 0 Å². The number of piperidine rings is 1. The van der Waals surface area contributed by atoms with Crippen LogP contribution in [0.5, 0.6) is 0 Å². The van der Waals surface area contributed by atoms with E-state index in [1.54, 1.807) is 42.7 Å². The molecule has 3 aromatic rings. The molecule has 1 saturated heterocycles. The van der Waals surface area contributed by atoms with Crippen LogP contribution in [0.25, 0.3) is 5.82 Å². The van der Waals surface area contributed by atoms with Crippen molar-refractivity contribution >= 4 is 5.91 Å². The van der Waals surface area contributed by atoms with Gasteiger partial charge in [0, 0.05) is 56.8 Å². The van der Waals surface area contributed by atoms with Crippen LogP contribution in [0.3, 0.4) is 0 Å². The summed E-state index contributed by atoms with van der Waals surface area (Å²) >= 11 is 0. The van der Waals surface area contributed by atoms with Crippen molar-refractivity contribution in [2.24, 2.45) is 0 Å². The summed E-state index contributed by atoms with van der Waals surface area (Å²) in [6, 6.07) is 3.52. The minimum Gasteiger partial charge on any atom is -0.383 e. The van der Waals surface area contributed by atoms with Gasteiger partial charge >= 0.3 is 0 Å². The topological polar surface area (TPSA) is 91.0 Å². The Morgan fingerprint density at radius 1 is 1.18 bits per heavy atom. The second-order valence-electron chi connectivity index (χ2n) is 6.81. The van der Waals surface area contributed by atoms with E-state index in [1.165, 1.54) is 0 Å². The van der Waals surface area contributed by atoms with Crippen molar-refractivity contribution in [3.8, 4) is 5.82 Å². The minimum atomic E-state index is 0.0258. The Morgan fingerprint density at radius 3 is 2.71 bits per heavy atom. The molecule has 1 fully saturated rings. The highest BCUT2D eigenvalue weighted by molar-refractivity contribution is 5.94. The molecule has 4 heterocycles. The lowest BCUT2D eigenvalue weighted by Crippen LogP contribution is -2.38. The van der Waals surface area contributed by atoms with E-state index in [0.717, 1.165) is 25.2 Å². The third-order valence-corrected chi connectivity index (χ3v) is 5.11. The second kappa shape index (κ2) is 8.30. The number of hydrogen-bond donors (Lipinski definition) is 0. The molecule has 0 spiro atoms. The van der Waals surface area contributed by atoms with E-state index >= 15 is 0 Å². The Morgan fingerprint density at radius 2 is 1.96 bits per heavy atom. The lowest BCUT2D eigenvalue weighted by molar-refractivity contribution is 0.0710. The first-order valence-electron chi connectivity index (χ1n) is 9.36. The highest BCUT2D eigenvalue weighted by Crippen LogP contribution is 2.27. The van der Waals surface area contributed by atoms with E-state index in [2.05, 4.69) is 24.7 Å². The summed E-state index contributed by atoms with van der Waals surface area (Å²) in [4.78, 5) is 23.7. The maximum atomic E-state index is 12.9. The highest BCUT2D eigenvalue weighted by atomic mass is 16.5. The molecule has 1 aliphatic rings. The summed E-state index contributed by atoms with van der Waals surface area (Å²) in [7, 11) is 1.70. The normalized spacial score (nSPS) is 15.1. The molecule has 146 valence electrons. The van der Waals surface area contributed by atoms with Gasteiger partial charge in [0.05, 0.1) is 6.61 Å². The van der Waals surface area contributed by atoms with Gasteiger partial charge in [-0.1, -0.05) is 0 Å². The molecule has 1 aliphatic heterocycles. The first-order chi connectivity index (χ1) is 13.8. The number of amides is 1. The lowest BCUT2D eigenvalue weighted by atomic mass is 9.95. The fraction of sp³-hybridized carbons (Fsp3) is 0.421. The number of nitrogens with zero attached hydrogens (tertiary/aromatic N) is 7. The smallest absolute Gasteiger partial charge is 0.254 e. The van der Waals surface area contributed by atoms with E-state index in [0.29, 0.717) is 37.0 Å². The van der Waals surface area contributed by atoms with E-state index in [-0.39, 0.29) is 5.91 Å². The van der Waals surface area contributed by atoms with Gasteiger partial charge in [0.2, 0.25) is 0 Å². The molecule has 0 bridgehead atoms. The quantitative estimate of drug-likeness (QED) is 0.643. The summed E-state index contributed by atoms with van der Waals surface area (Å²) in [6.45, 7) is 2.89. The van der Waals surface area contributed by atoms with Crippen LogP contribution in [0.2, 0.25) is 0 Å². The summed E-state index contributed by atoms with van der Waals surface area (Å²) in [5.74, 6) is 2.10. The SMILES string of the molecule is COCCn1ccnc1C1CCN(C(=O)c2ccnc(-n3cnnc3)c2)CC1. The Kier molecular flexibility index (Phi) is 5.43. The number of carbonyl (C=O) groups excluding carboxylic acids is 1. The largest absolute Gasteiger partial charge is 0.383 e. The van der Waals surface area contributed by atoms with E-state index in [1.807, 2.05) is 17.3 Å². The molecular formula is C19H23N7O2. The molecule has 4 rings (SSSR count). The Balaban J connectivity index is 1.41. The van der Waals surface area contributed by atoms with Crippen LogP contribution < -0.4 is 0 Å². The van der Waals surface area contributed by atoms with Crippen molar-refractivity contribution in [2.45, 2.75) is 25.3 Å². The van der Waals surface area contributed by atoms with Gasteiger partial charge in [-0.05, 0) is 25.0 Å². The molecule has 0 unspecified atom stereocenters. The van der Waals surface area contributed by atoms with Crippen molar-refractivity contribution in [3.05, 3.63) is 54.8 Å². The summed E-state index contributed by atoms with van der Waals surface area (Å²) in [5, 5.41) is 7.57. The lowest BCUT2D eigenvalue weighted by Gasteiger charge is -2.32. The predicted octanol–water partition coefficient (Wildman–Crippen LogP) is 1.52. The number of imidazole rings is 1. The Hall–Kier alpha value is -3.07. The van der Waals surface area contributed by atoms with Gasteiger partial charge in [0.15, 0.2) is 0 Å². The standard InChI is InChI=1S/C19H23N7O2/c1-28-11-10-24-9-6-21-18(24)15-3-7-25(8-4-15)19(27)16-2-5-20-17(12-16)26-13-22-23-14-26/h2,5-6,9,12-15H,3-4,7-8,10-11H2,1H3. The Bertz CT molecular complexity index is 914. The van der Waals surface area contributed by atoms with Gasteiger partial charge in [-0.2, -0.15) is 0 Å². The zero-order valence-corrected chi connectivity index (χ0v) is 15.8. The molecule has 1 amide bonds. The third kappa shape index (κ3) is 3.79. The summed E-state index contributed by atoms with van der Waals surface area (Å²) < 4.78 is 9.01. The molecule has 0 N–H and O–H groups in total. The summed E-state index contributed by atoms with van der Waals surface area (Å²) in [6.07, 6.45) is 10.4. The molecule has 0 atom stereocenters. The van der Waals surface area contributed by atoms with Crippen molar-refractivity contribution in [1.82, 2.24) is 34.2 Å². The van der Waals surface area contributed by atoms with E-state index < -0.39 is 0 Å². The maximum Gasteiger partial charge on any atom is 0.254 e. The van der Waals surface area contributed by atoms with Crippen LogP contribution in [-0.2, 0) is 11.3 Å². The number of aromatic nitrogens is 6. The van der Waals surface area contributed by atoms with Gasteiger partial charge in [-0.15, -0.1) is 10.2 Å². The van der Waals surface area contributed by atoms with Gasteiger partial charge in [0.1, 0.15) is 24.3 Å². The number of methoxy groups -OCH3 is 1. The number of carbonyl (C=O) groups is 1. The second-order valence-corrected chi connectivity index (χ2v) is 6.81. The van der Waals surface area contributed by atoms with Gasteiger partial charge in [0.25, 0.3) is 5.91 Å². The molecule has 3 aromatic heterocycles. The zero-order valence-electron chi connectivity index (χ0n) is 15.8. The van der Waals surface area contributed by atoms with Gasteiger partial charge < -0.3 is 14.2 Å². The summed E-state index contributed by atoms with van der Waals surface area (Å²) in [5.41, 5.74) is 0.624. The molecular weight excluding hydrogens is 358 g/mol. The fourth-order valence-electron chi connectivity index (χ4n) is 3.59. The van der Waals surface area contributed by atoms with Crippen LogP contribution in [-0.4, -0.2) is 66.9 Å². The molecule has 28 heavy (non-hydrogen) atoms. The maximum absolute atomic E-state index is 12.9. The number of hydrogen-bond acceptors (Lipinski definition) is 6. The molecule has 0 aliphatic carbocycles. The number of pyridine rings is 1. The predicted molar refractivity (Wildman–Crippen MR) is 101 cm³/mol. The minimum absolute atomic E-state index is 0.0258. The van der Waals surface area contributed by atoms with Crippen molar-refractivity contribution in [1.29, 1.82) is 0 Å². The Labute approximate surface area is 163 Å². The monoisotopic (exact) mass is 381 g/mol. The van der Waals surface area contributed by atoms with Gasteiger partial charge in [-0.3, -0.25) is 9.36 Å². The van der Waals surface area contributed by atoms with E-state index in [9.17, 15) is 4.79 Å². The highest BCUT2D eigenvalue weighted by Gasteiger charge is 2.27. The first kappa shape index (κ1) is 18.3. The number of ether oxygens (including phenoxy) is 1. The average molecular weight is 381 g/mol. The van der Waals surface area contributed by atoms with Crippen molar-refractivity contribution < 1.29 is 9.53 Å². The molecule has 0 aromatic carbocycles. The number of likely N-dealkylation sites (tertiary alicyclic amines) is 1. The molecule has 0 radical (unpaired) electrons. The van der Waals surface area contributed by atoms with E-state index in [4.69, 9.17) is 4.74 Å². The van der Waals surface area contributed by atoms with Crippen LogP contribution in [0.1, 0.15) is 34.9 Å². The third-order valence-electron chi connectivity index (χ3n) is 5.11. The first-order valence-corrected chi connectivity index (χ1v) is 9.36. The average Bonchev–Trinajstić information content (AvgIpc) is 3.44. The zero-order chi connectivity index (χ0) is 19.3. The molecule has 9 nitrogen and oxygen atoms in total. The molecule has 0 saturated carbocycles. The van der Waals surface area contributed by atoms with Crippen LogP contribution in [0, 0.1) is 0 Å². The van der Waals surface area contributed by atoms with Crippen molar-refractivity contribution in [2.75, 3.05) is 26.8 Å². The van der Waals surface area contributed by atoms with Crippen LogP contribution >= 0.6 is 0 Å². The van der Waals surface area contributed by atoms with Gasteiger partial charge in [-0.25, -0.2) is 9.97 Å².